The number of hydrogen-bond acceptors (Lipinski definition) is 4. The quantitative estimate of drug-likeness (QED) is 0.263. The lowest BCUT2D eigenvalue weighted by Gasteiger charge is -2.32. The average Bonchev–Trinajstić information content (AvgIpc) is 3.30. The van der Waals surface area contributed by atoms with Crippen LogP contribution in [-0.4, -0.2) is 38.7 Å². The van der Waals surface area contributed by atoms with Crippen molar-refractivity contribution in [1.29, 1.82) is 0 Å². The Hall–Kier alpha value is -3.69. The minimum atomic E-state index is -4.32. The summed E-state index contributed by atoms with van der Waals surface area (Å²) in [6.07, 6.45) is 1.46. The first-order chi connectivity index (χ1) is 17.8. The van der Waals surface area contributed by atoms with Crippen molar-refractivity contribution in [2.75, 3.05) is 13.1 Å². The molecule has 0 bridgehead atoms. The monoisotopic (exact) mass is 508 g/mol. The van der Waals surface area contributed by atoms with E-state index in [4.69, 9.17) is 10.2 Å². The third-order valence-electron chi connectivity index (χ3n) is 7.01. The molecule has 1 amide bonds. The fourth-order valence-corrected chi connectivity index (χ4v) is 5.00. The molecule has 0 radical (unpaired) electrons. The molecule has 0 atom stereocenters. The van der Waals surface area contributed by atoms with Crippen molar-refractivity contribution < 1.29 is 23.2 Å². The van der Waals surface area contributed by atoms with E-state index in [1.165, 1.54) is 17.7 Å². The number of hydrogen-bond donors (Lipinski definition) is 2. The summed E-state index contributed by atoms with van der Waals surface area (Å²) in [5.74, 6) is -0.183. The fraction of sp³-hybridized carbons (Fsp3) is 0.286. The molecule has 1 fully saturated rings. The molecule has 9 heteroatoms. The number of carbonyl (C=O) groups is 1. The van der Waals surface area contributed by atoms with E-state index < -0.39 is 17.6 Å². The molecule has 5 rings (SSSR count). The Labute approximate surface area is 212 Å². The van der Waals surface area contributed by atoms with Crippen LogP contribution in [0.1, 0.15) is 51.4 Å². The molecule has 0 aliphatic carbocycles. The molecular formula is C28H27F3N4O2. The minimum absolute atomic E-state index is 0.364. The molecule has 1 saturated heterocycles. The highest BCUT2D eigenvalue weighted by Crippen LogP contribution is 2.32. The van der Waals surface area contributed by atoms with Gasteiger partial charge in [0, 0.05) is 36.4 Å². The van der Waals surface area contributed by atoms with Crippen LogP contribution in [0.15, 0.2) is 73.1 Å². The van der Waals surface area contributed by atoms with Gasteiger partial charge in [0.25, 0.3) is 5.91 Å². The number of halogens is 3. The molecule has 192 valence electrons. The van der Waals surface area contributed by atoms with Crippen molar-refractivity contribution >= 4 is 16.9 Å². The molecule has 0 unspecified atom stereocenters. The van der Waals surface area contributed by atoms with E-state index in [1.54, 1.807) is 23.7 Å². The number of amides is 1. The zero-order chi connectivity index (χ0) is 26.0. The number of likely N-dealkylation sites (tertiary alicyclic amines) is 1. The van der Waals surface area contributed by atoms with Gasteiger partial charge in [-0.1, -0.05) is 30.3 Å². The van der Waals surface area contributed by atoms with Gasteiger partial charge in [-0.25, -0.2) is 10.5 Å². The van der Waals surface area contributed by atoms with Gasteiger partial charge in [-0.05, 0) is 78.9 Å². The molecule has 6 nitrogen and oxygen atoms in total. The Morgan fingerprint density at radius 2 is 1.76 bits per heavy atom. The molecular weight excluding hydrogens is 481 g/mol. The minimum Gasteiger partial charge on any atom is -0.328 e. The SMILES string of the molecule is O=C(NO)c1ccc(Cn2ccc3cc(C4CCN(Cc5cccc(C(F)(F)F)c5)CC4)cnc32)cc1. The number of benzene rings is 2. The molecule has 4 aromatic rings. The third kappa shape index (κ3) is 5.68. The number of carbonyl (C=O) groups excluding carboxylic acids is 1. The Morgan fingerprint density at radius 3 is 2.46 bits per heavy atom. The molecule has 1 aliphatic rings. The summed E-state index contributed by atoms with van der Waals surface area (Å²) >= 11 is 0. The molecule has 2 aromatic heterocycles. The molecule has 37 heavy (non-hydrogen) atoms. The Morgan fingerprint density at radius 1 is 1.00 bits per heavy atom. The zero-order valence-electron chi connectivity index (χ0n) is 20.1. The Kier molecular flexibility index (Phi) is 6.99. The lowest BCUT2D eigenvalue weighted by atomic mass is 9.90. The van der Waals surface area contributed by atoms with Gasteiger partial charge in [-0.3, -0.25) is 14.9 Å². The highest BCUT2D eigenvalue weighted by atomic mass is 19.4. The van der Waals surface area contributed by atoms with Gasteiger partial charge in [0.15, 0.2) is 0 Å². The van der Waals surface area contributed by atoms with Crippen molar-refractivity contribution in [3.63, 3.8) is 0 Å². The topological polar surface area (TPSA) is 70.4 Å². The van der Waals surface area contributed by atoms with Crippen LogP contribution in [0.3, 0.4) is 0 Å². The summed E-state index contributed by atoms with van der Waals surface area (Å²) in [5.41, 5.74) is 5.16. The Balaban J connectivity index is 1.21. The van der Waals surface area contributed by atoms with E-state index in [2.05, 4.69) is 15.5 Å². The van der Waals surface area contributed by atoms with Crippen LogP contribution in [0.5, 0.6) is 0 Å². The molecule has 0 spiro atoms. The highest BCUT2D eigenvalue weighted by Gasteiger charge is 2.30. The van der Waals surface area contributed by atoms with Gasteiger partial charge in [-0.2, -0.15) is 13.2 Å². The normalized spacial score (nSPS) is 15.2. The number of fused-ring (bicyclic) bond motifs is 1. The number of aromatic nitrogens is 2. The van der Waals surface area contributed by atoms with Crippen LogP contribution in [0.25, 0.3) is 11.0 Å². The standard InChI is InChI=1S/C28H27F3N4O2/c29-28(30,31)25-3-1-2-20(14-25)17-34-11-8-21(9-12-34)24-15-23-10-13-35(26(23)32-16-24)18-19-4-6-22(7-5-19)27(36)33-37/h1-7,10,13-16,21,37H,8-9,11-12,17-18H2,(H,33,36). The van der Waals surface area contributed by atoms with Crippen LogP contribution in [0, 0.1) is 0 Å². The summed E-state index contributed by atoms with van der Waals surface area (Å²) in [7, 11) is 0. The van der Waals surface area contributed by atoms with E-state index in [-0.39, 0.29) is 0 Å². The van der Waals surface area contributed by atoms with Crippen molar-refractivity contribution in [3.8, 4) is 0 Å². The van der Waals surface area contributed by atoms with Gasteiger partial charge in [0.2, 0.25) is 0 Å². The van der Waals surface area contributed by atoms with E-state index in [0.717, 1.165) is 48.6 Å². The van der Waals surface area contributed by atoms with E-state index in [0.29, 0.717) is 30.1 Å². The van der Waals surface area contributed by atoms with Gasteiger partial charge < -0.3 is 4.57 Å². The maximum absolute atomic E-state index is 13.0. The van der Waals surface area contributed by atoms with E-state index in [9.17, 15) is 18.0 Å². The van der Waals surface area contributed by atoms with Crippen molar-refractivity contribution in [2.45, 2.75) is 38.0 Å². The number of nitrogens with one attached hydrogen (secondary N) is 1. The predicted molar refractivity (Wildman–Crippen MR) is 133 cm³/mol. The van der Waals surface area contributed by atoms with Crippen LogP contribution >= 0.6 is 0 Å². The smallest absolute Gasteiger partial charge is 0.328 e. The number of hydroxylamine groups is 1. The summed E-state index contributed by atoms with van der Waals surface area (Å²) in [6, 6.07) is 16.8. The second-order valence-corrected chi connectivity index (χ2v) is 9.51. The maximum atomic E-state index is 13.0. The number of pyridine rings is 1. The lowest BCUT2D eigenvalue weighted by Crippen LogP contribution is -2.32. The molecule has 3 heterocycles. The molecule has 2 aromatic carbocycles. The van der Waals surface area contributed by atoms with E-state index >= 15 is 0 Å². The first-order valence-electron chi connectivity index (χ1n) is 12.2. The Bertz CT molecular complexity index is 1390. The summed E-state index contributed by atoms with van der Waals surface area (Å²) < 4.78 is 41.1. The molecule has 2 N–H and O–H groups in total. The summed E-state index contributed by atoms with van der Waals surface area (Å²) in [4.78, 5) is 18.5. The second kappa shape index (κ2) is 10.4. The largest absolute Gasteiger partial charge is 0.416 e. The predicted octanol–water partition coefficient (Wildman–Crippen LogP) is 5.60. The van der Waals surface area contributed by atoms with Crippen LogP contribution in [-0.2, 0) is 19.3 Å². The highest BCUT2D eigenvalue weighted by molar-refractivity contribution is 5.93. The maximum Gasteiger partial charge on any atom is 0.416 e. The number of nitrogens with zero attached hydrogens (tertiary/aromatic N) is 3. The first kappa shape index (κ1) is 25.0. The van der Waals surface area contributed by atoms with Crippen LogP contribution in [0.2, 0.25) is 0 Å². The summed E-state index contributed by atoms with van der Waals surface area (Å²) in [5, 5.41) is 9.81. The lowest BCUT2D eigenvalue weighted by molar-refractivity contribution is -0.137. The number of rotatable bonds is 6. The van der Waals surface area contributed by atoms with Crippen LogP contribution in [0.4, 0.5) is 13.2 Å². The van der Waals surface area contributed by atoms with Gasteiger partial charge >= 0.3 is 6.18 Å². The second-order valence-electron chi connectivity index (χ2n) is 9.51. The zero-order valence-corrected chi connectivity index (χ0v) is 20.1. The molecule has 0 saturated carbocycles. The summed E-state index contributed by atoms with van der Waals surface area (Å²) in [6.45, 7) is 2.77. The van der Waals surface area contributed by atoms with Gasteiger partial charge in [0.05, 0.1) is 5.56 Å². The van der Waals surface area contributed by atoms with Crippen molar-refractivity contribution in [3.05, 3.63) is 101 Å². The average molecular weight is 509 g/mol. The van der Waals surface area contributed by atoms with Crippen molar-refractivity contribution in [2.24, 2.45) is 0 Å². The van der Waals surface area contributed by atoms with Gasteiger partial charge in [-0.15, -0.1) is 0 Å². The third-order valence-corrected chi connectivity index (χ3v) is 7.01. The number of piperidine rings is 1. The van der Waals surface area contributed by atoms with Crippen LogP contribution < -0.4 is 5.48 Å². The first-order valence-corrected chi connectivity index (χ1v) is 12.2. The van der Waals surface area contributed by atoms with E-state index in [1.807, 2.05) is 30.6 Å². The van der Waals surface area contributed by atoms with Gasteiger partial charge in [0.1, 0.15) is 5.65 Å². The van der Waals surface area contributed by atoms with Crippen molar-refractivity contribution in [1.82, 2.24) is 19.9 Å². The fourth-order valence-electron chi connectivity index (χ4n) is 5.00. The molecule has 1 aliphatic heterocycles. The number of alkyl halides is 3.